The third-order valence-electron chi connectivity index (χ3n) is 6.06. The van der Waals surface area contributed by atoms with Gasteiger partial charge in [0.25, 0.3) is 5.69 Å². The molecular formula is C25H25N3O4. The maximum atomic E-state index is 13.5. The Kier molecular flexibility index (Phi) is 5.81. The highest BCUT2D eigenvalue weighted by atomic mass is 16.6. The van der Waals surface area contributed by atoms with Crippen molar-refractivity contribution in [3.05, 3.63) is 98.6 Å². The van der Waals surface area contributed by atoms with Gasteiger partial charge in [-0.15, -0.1) is 0 Å². The van der Waals surface area contributed by atoms with E-state index >= 15 is 0 Å². The van der Waals surface area contributed by atoms with Crippen molar-refractivity contribution in [1.29, 1.82) is 0 Å². The number of benzene rings is 3. The number of carbonyl (C=O) groups is 1. The number of ether oxygens (including phenoxy) is 1. The van der Waals surface area contributed by atoms with Crippen molar-refractivity contribution < 1.29 is 14.5 Å². The average Bonchev–Trinajstić information content (AvgIpc) is 2.80. The van der Waals surface area contributed by atoms with Crippen molar-refractivity contribution in [2.45, 2.75) is 32.9 Å². The molecular weight excluding hydrogens is 406 g/mol. The fraction of sp³-hybridized carbons (Fsp3) is 0.240. The Bertz CT molecular complexity index is 1180. The zero-order valence-electron chi connectivity index (χ0n) is 18.3. The monoisotopic (exact) mass is 431 g/mol. The first-order valence-electron chi connectivity index (χ1n) is 10.4. The molecule has 7 nitrogen and oxygen atoms in total. The number of carbonyl (C=O) groups excluding carboxylic acids is 1. The summed E-state index contributed by atoms with van der Waals surface area (Å²) in [5.41, 5.74) is 4.92. The number of methoxy groups -OCH3 is 1. The second kappa shape index (κ2) is 8.70. The molecule has 0 bridgehead atoms. The third-order valence-corrected chi connectivity index (χ3v) is 6.06. The maximum Gasteiger partial charge on any atom is 0.322 e. The van der Waals surface area contributed by atoms with E-state index in [4.69, 9.17) is 4.74 Å². The van der Waals surface area contributed by atoms with Crippen molar-refractivity contribution in [3.8, 4) is 5.75 Å². The molecule has 0 aromatic heterocycles. The predicted molar refractivity (Wildman–Crippen MR) is 123 cm³/mol. The van der Waals surface area contributed by atoms with Crippen LogP contribution >= 0.6 is 0 Å². The summed E-state index contributed by atoms with van der Waals surface area (Å²) >= 11 is 0. The van der Waals surface area contributed by atoms with Gasteiger partial charge in [-0.05, 0) is 54.7 Å². The van der Waals surface area contributed by atoms with Crippen LogP contribution in [-0.4, -0.2) is 23.0 Å². The number of nitrogens with one attached hydrogen (secondary N) is 1. The van der Waals surface area contributed by atoms with Crippen LogP contribution in [0.15, 0.2) is 60.7 Å². The lowest BCUT2D eigenvalue weighted by atomic mass is 9.90. The second-order valence-electron chi connectivity index (χ2n) is 7.98. The molecule has 0 radical (unpaired) electrons. The molecule has 1 heterocycles. The van der Waals surface area contributed by atoms with Gasteiger partial charge in [-0.1, -0.05) is 42.5 Å². The first-order valence-corrected chi connectivity index (χ1v) is 10.4. The fourth-order valence-corrected chi connectivity index (χ4v) is 4.28. The van der Waals surface area contributed by atoms with Crippen molar-refractivity contribution in [1.82, 2.24) is 4.90 Å². The number of rotatable bonds is 4. The summed E-state index contributed by atoms with van der Waals surface area (Å²) in [6.07, 6.45) is 0.670. The molecule has 0 fully saturated rings. The summed E-state index contributed by atoms with van der Waals surface area (Å²) in [7, 11) is 1.62. The van der Waals surface area contributed by atoms with E-state index in [1.807, 2.05) is 55.5 Å². The van der Waals surface area contributed by atoms with E-state index in [1.165, 1.54) is 11.6 Å². The number of hydrogen-bond donors (Lipinski definition) is 1. The molecule has 1 N–H and O–H groups in total. The highest BCUT2D eigenvalue weighted by Gasteiger charge is 2.32. The maximum absolute atomic E-state index is 13.5. The van der Waals surface area contributed by atoms with Gasteiger partial charge in [-0.2, -0.15) is 0 Å². The van der Waals surface area contributed by atoms with Crippen LogP contribution in [0.2, 0.25) is 0 Å². The SMILES string of the molecule is COc1ccc2c(c1)CN(C(=O)Nc1c(C)ccc([N+](=O)[O-])c1C)[C@H](c1ccccc1)C2. The summed E-state index contributed by atoms with van der Waals surface area (Å²) in [4.78, 5) is 26.2. The van der Waals surface area contributed by atoms with Gasteiger partial charge in [-0.25, -0.2) is 4.79 Å². The van der Waals surface area contributed by atoms with E-state index in [2.05, 4.69) is 5.32 Å². The lowest BCUT2D eigenvalue weighted by Gasteiger charge is -2.37. The standard InChI is InChI=1S/C25H25N3O4/c1-16-9-12-22(28(30)31)17(2)24(16)26-25(29)27-15-20-13-21(32-3)11-10-19(20)14-23(27)18-7-5-4-6-8-18/h4-13,23H,14-15H2,1-3H3,(H,26,29)/t23-/m0/s1. The van der Waals surface area contributed by atoms with Gasteiger partial charge in [0.2, 0.25) is 0 Å². The first-order chi connectivity index (χ1) is 15.4. The van der Waals surface area contributed by atoms with Crippen LogP contribution in [0.3, 0.4) is 0 Å². The highest BCUT2D eigenvalue weighted by molar-refractivity contribution is 5.92. The predicted octanol–water partition coefficient (Wildman–Crippen LogP) is 5.55. The summed E-state index contributed by atoms with van der Waals surface area (Å²) in [5.74, 6) is 0.743. The Morgan fingerprint density at radius 1 is 1.09 bits per heavy atom. The Labute approximate surface area is 186 Å². The molecule has 0 unspecified atom stereocenters. The van der Waals surface area contributed by atoms with E-state index < -0.39 is 4.92 Å². The Balaban J connectivity index is 1.71. The van der Waals surface area contributed by atoms with Gasteiger partial charge in [-0.3, -0.25) is 10.1 Å². The summed E-state index contributed by atoms with van der Waals surface area (Å²) in [5, 5.41) is 14.3. The quantitative estimate of drug-likeness (QED) is 0.433. The molecule has 0 spiro atoms. The summed E-state index contributed by atoms with van der Waals surface area (Å²) in [6.45, 7) is 3.90. The van der Waals surface area contributed by atoms with Crippen molar-refractivity contribution in [2.75, 3.05) is 12.4 Å². The van der Waals surface area contributed by atoms with Crippen LogP contribution in [0.1, 0.15) is 33.9 Å². The number of hydrogen-bond acceptors (Lipinski definition) is 4. The van der Waals surface area contributed by atoms with Gasteiger partial charge in [0, 0.05) is 12.6 Å². The van der Waals surface area contributed by atoms with Crippen LogP contribution in [0.25, 0.3) is 0 Å². The van der Waals surface area contributed by atoms with E-state index in [9.17, 15) is 14.9 Å². The van der Waals surface area contributed by atoms with E-state index in [0.29, 0.717) is 24.2 Å². The van der Waals surface area contributed by atoms with Crippen LogP contribution < -0.4 is 10.1 Å². The van der Waals surface area contributed by atoms with E-state index in [0.717, 1.165) is 22.4 Å². The van der Waals surface area contributed by atoms with Crippen LogP contribution in [0.5, 0.6) is 5.75 Å². The molecule has 7 heteroatoms. The molecule has 2 amide bonds. The van der Waals surface area contributed by atoms with Gasteiger partial charge in [0.05, 0.1) is 29.3 Å². The Morgan fingerprint density at radius 2 is 1.84 bits per heavy atom. The lowest BCUT2D eigenvalue weighted by Crippen LogP contribution is -2.41. The number of urea groups is 1. The number of fused-ring (bicyclic) bond motifs is 1. The first kappa shape index (κ1) is 21.4. The minimum absolute atomic E-state index is 0.0146. The minimum atomic E-state index is -0.430. The topological polar surface area (TPSA) is 84.7 Å². The Morgan fingerprint density at radius 3 is 2.53 bits per heavy atom. The van der Waals surface area contributed by atoms with Crippen molar-refractivity contribution in [2.24, 2.45) is 0 Å². The number of nitrogens with zero attached hydrogens (tertiary/aromatic N) is 2. The lowest BCUT2D eigenvalue weighted by molar-refractivity contribution is -0.385. The zero-order chi connectivity index (χ0) is 22.8. The zero-order valence-corrected chi connectivity index (χ0v) is 18.3. The normalized spacial score (nSPS) is 15.1. The van der Waals surface area contributed by atoms with E-state index in [-0.39, 0.29) is 17.8 Å². The smallest absolute Gasteiger partial charge is 0.322 e. The largest absolute Gasteiger partial charge is 0.497 e. The number of amides is 2. The molecule has 4 rings (SSSR count). The van der Waals surface area contributed by atoms with Crippen LogP contribution in [0.4, 0.5) is 16.2 Å². The molecule has 32 heavy (non-hydrogen) atoms. The second-order valence-corrected chi connectivity index (χ2v) is 7.98. The van der Waals surface area contributed by atoms with Gasteiger partial charge in [0.1, 0.15) is 5.75 Å². The van der Waals surface area contributed by atoms with Crippen molar-refractivity contribution in [3.63, 3.8) is 0 Å². The minimum Gasteiger partial charge on any atom is -0.497 e. The number of aryl methyl sites for hydroxylation is 1. The van der Waals surface area contributed by atoms with Gasteiger partial charge >= 0.3 is 6.03 Å². The molecule has 3 aromatic rings. The summed E-state index contributed by atoms with van der Waals surface area (Å²) in [6, 6.07) is 18.5. The van der Waals surface area contributed by atoms with E-state index in [1.54, 1.807) is 25.0 Å². The highest BCUT2D eigenvalue weighted by Crippen LogP contribution is 2.36. The average molecular weight is 431 g/mol. The van der Waals surface area contributed by atoms with Gasteiger partial charge in [0.15, 0.2) is 0 Å². The molecule has 1 aliphatic rings. The van der Waals surface area contributed by atoms with Gasteiger partial charge < -0.3 is 15.0 Å². The summed E-state index contributed by atoms with van der Waals surface area (Å²) < 4.78 is 5.37. The third kappa shape index (κ3) is 4.01. The molecule has 0 saturated heterocycles. The number of nitro benzene ring substituents is 1. The number of anilines is 1. The van der Waals surface area contributed by atoms with Crippen LogP contribution in [0, 0.1) is 24.0 Å². The molecule has 1 aliphatic heterocycles. The number of nitro groups is 1. The Hall–Kier alpha value is -3.87. The van der Waals surface area contributed by atoms with Crippen molar-refractivity contribution >= 4 is 17.4 Å². The molecule has 0 aliphatic carbocycles. The molecule has 1 atom stereocenters. The molecule has 3 aromatic carbocycles. The fourth-order valence-electron chi connectivity index (χ4n) is 4.28. The van der Waals surface area contributed by atoms with Crippen LogP contribution in [-0.2, 0) is 13.0 Å². The molecule has 164 valence electrons. The molecule has 0 saturated carbocycles.